The maximum Gasteiger partial charge on any atom is 0.0631 e. The maximum absolute atomic E-state index is 10.1. The zero-order valence-electron chi connectivity index (χ0n) is 11.7. The first-order chi connectivity index (χ1) is 7.48. The molecule has 2 nitrogen and oxygen atoms in total. The van der Waals surface area contributed by atoms with Gasteiger partial charge in [-0.2, -0.15) is 0 Å². The molecule has 0 heterocycles. The molecule has 0 rings (SSSR count). The summed E-state index contributed by atoms with van der Waals surface area (Å²) in [5.41, 5.74) is -0.474. The van der Waals surface area contributed by atoms with E-state index in [0.717, 1.165) is 32.4 Å². The van der Waals surface area contributed by atoms with Crippen LogP contribution in [0.2, 0.25) is 0 Å². The fourth-order valence-electron chi connectivity index (χ4n) is 1.81. The zero-order valence-corrected chi connectivity index (χ0v) is 11.7. The van der Waals surface area contributed by atoms with E-state index in [9.17, 15) is 5.11 Å². The van der Waals surface area contributed by atoms with Crippen molar-refractivity contribution in [2.45, 2.75) is 71.8 Å². The van der Waals surface area contributed by atoms with E-state index >= 15 is 0 Å². The van der Waals surface area contributed by atoms with E-state index in [-0.39, 0.29) is 0 Å². The Balaban J connectivity index is 3.46. The van der Waals surface area contributed by atoms with Gasteiger partial charge in [0, 0.05) is 0 Å². The molecule has 0 aromatic heterocycles. The van der Waals surface area contributed by atoms with E-state index in [1.54, 1.807) is 0 Å². The van der Waals surface area contributed by atoms with Gasteiger partial charge in [-0.15, -0.1) is 0 Å². The molecule has 0 aliphatic heterocycles. The molecule has 0 saturated carbocycles. The molecule has 16 heavy (non-hydrogen) atoms. The summed E-state index contributed by atoms with van der Waals surface area (Å²) in [4.78, 5) is 0. The lowest BCUT2D eigenvalue weighted by Gasteiger charge is -2.23. The molecule has 0 bridgehead atoms. The second kappa shape index (κ2) is 9.00. The van der Waals surface area contributed by atoms with Gasteiger partial charge >= 0.3 is 0 Å². The average Bonchev–Trinajstić information content (AvgIpc) is 2.19. The van der Waals surface area contributed by atoms with Crippen molar-refractivity contribution in [2.24, 2.45) is 5.92 Å². The quantitative estimate of drug-likeness (QED) is 0.563. The van der Waals surface area contributed by atoms with Crippen LogP contribution >= 0.6 is 0 Å². The second-order valence-corrected chi connectivity index (χ2v) is 5.66. The van der Waals surface area contributed by atoms with E-state index in [2.05, 4.69) is 26.1 Å². The SMILES string of the molecule is CCCCCCC(C)(O)CCNCC(C)C. The van der Waals surface area contributed by atoms with Crippen LogP contribution in [0.1, 0.15) is 66.2 Å². The molecule has 2 N–H and O–H groups in total. The largest absolute Gasteiger partial charge is 0.390 e. The molecule has 0 saturated heterocycles. The summed E-state index contributed by atoms with van der Waals surface area (Å²) in [7, 11) is 0. The van der Waals surface area contributed by atoms with E-state index in [4.69, 9.17) is 0 Å². The molecule has 0 aliphatic carbocycles. The highest BCUT2D eigenvalue weighted by atomic mass is 16.3. The molecule has 0 radical (unpaired) electrons. The Kier molecular flexibility index (Phi) is 8.96. The van der Waals surface area contributed by atoms with E-state index in [1.807, 2.05) is 6.92 Å². The molecule has 1 unspecified atom stereocenters. The molecular weight excluding hydrogens is 198 g/mol. The van der Waals surface area contributed by atoms with Crippen molar-refractivity contribution in [3.63, 3.8) is 0 Å². The summed E-state index contributed by atoms with van der Waals surface area (Å²) in [6, 6.07) is 0. The fourth-order valence-corrected chi connectivity index (χ4v) is 1.81. The summed E-state index contributed by atoms with van der Waals surface area (Å²) in [5.74, 6) is 0.689. The van der Waals surface area contributed by atoms with Crippen LogP contribution in [0, 0.1) is 5.92 Å². The summed E-state index contributed by atoms with van der Waals surface area (Å²) in [6.45, 7) is 10.6. The number of unbranched alkanes of at least 4 members (excludes halogenated alkanes) is 3. The van der Waals surface area contributed by atoms with Crippen LogP contribution in [-0.2, 0) is 0 Å². The van der Waals surface area contributed by atoms with Crippen molar-refractivity contribution in [2.75, 3.05) is 13.1 Å². The summed E-state index contributed by atoms with van der Waals surface area (Å²) >= 11 is 0. The minimum Gasteiger partial charge on any atom is -0.390 e. The Morgan fingerprint density at radius 1 is 1.12 bits per heavy atom. The zero-order chi connectivity index (χ0) is 12.4. The Hall–Kier alpha value is -0.0800. The summed E-state index contributed by atoms with van der Waals surface area (Å²) in [6.07, 6.45) is 6.78. The molecule has 0 fully saturated rings. The third-order valence-corrected chi connectivity index (χ3v) is 2.96. The van der Waals surface area contributed by atoms with Gasteiger partial charge in [-0.25, -0.2) is 0 Å². The van der Waals surface area contributed by atoms with Crippen molar-refractivity contribution in [1.82, 2.24) is 5.32 Å². The van der Waals surface area contributed by atoms with Crippen LogP contribution in [0.5, 0.6) is 0 Å². The first-order valence-electron chi connectivity index (χ1n) is 6.91. The standard InChI is InChI=1S/C14H31NO/c1-5-6-7-8-9-14(4,16)10-11-15-12-13(2)3/h13,15-16H,5-12H2,1-4H3. The summed E-state index contributed by atoms with van der Waals surface area (Å²) < 4.78 is 0. The van der Waals surface area contributed by atoms with Crippen LogP contribution in [0.15, 0.2) is 0 Å². The monoisotopic (exact) mass is 229 g/mol. The molecule has 1 atom stereocenters. The third kappa shape index (κ3) is 10.4. The normalized spacial score (nSPS) is 15.4. The Bertz CT molecular complexity index is 155. The predicted octanol–water partition coefficient (Wildman–Crippen LogP) is 3.34. The van der Waals surface area contributed by atoms with E-state index in [0.29, 0.717) is 5.92 Å². The first kappa shape index (κ1) is 15.9. The Labute approximate surface area is 102 Å². The summed E-state index contributed by atoms with van der Waals surface area (Å²) in [5, 5.41) is 13.5. The molecule has 2 heteroatoms. The topological polar surface area (TPSA) is 32.3 Å². The van der Waals surface area contributed by atoms with E-state index < -0.39 is 5.60 Å². The highest BCUT2D eigenvalue weighted by Gasteiger charge is 2.18. The van der Waals surface area contributed by atoms with Gasteiger partial charge in [0.25, 0.3) is 0 Å². The van der Waals surface area contributed by atoms with Gasteiger partial charge in [-0.05, 0) is 38.8 Å². The number of hydrogen-bond donors (Lipinski definition) is 2. The molecule has 0 aliphatic rings. The molecular formula is C14H31NO. The van der Waals surface area contributed by atoms with Crippen LogP contribution < -0.4 is 5.32 Å². The fraction of sp³-hybridized carbons (Fsp3) is 1.00. The number of rotatable bonds is 10. The molecule has 0 aromatic carbocycles. The van der Waals surface area contributed by atoms with Gasteiger partial charge in [-0.1, -0.05) is 46.5 Å². The second-order valence-electron chi connectivity index (χ2n) is 5.66. The van der Waals surface area contributed by atoms with E-state index in [1.165, 1.54) is 19.3 Å². The lowest BCUT2D eigenvalue weighted by Crippen LogP contribution is -2.31. The minimum absolute atomic E-state index is 0.474. The molecule has 0 spiro atoms. The van der Waals surface area contributed by atoms with Crippen molar-refractivity contribution < 1.29 is 5.11 Å². The number of aliphatic hydroxyl groups is 1. The first-order valence-corrected chi connectivity index (χ1v) is 6.91. The number of nitrogens with one attached hydrogen (secondary N) is 1. The van der Waals surface area contributed by atoms with Crippen molar-refractivity contribution in [3.8, 4) is 0 Å². The third-order valence-electron chi connectivity index (χ3n) is 2.96. The van der Waals surface area contributed by atoms with Crippen LogP contribution in [0.3, 0.4) is 0 Å². The van der Waals surface area contributed by atoms with Crippen molar-refractivity contribution >= 4 is 0 Å². The Morgan fingerprint density at radius 3 is 2.38 bits per heavy atom. The van der Waals surface area contributed by atoms with Gasteiger partial charge < -0.3 is 10.4 Å². The van der Waals surface area contributed by atoms with Gasteiger partial charge in [0.2, 0.25) is 0 Å². The predicted molar refractivity (Wildman–Crippen MR) is 71.7 cm³/mol. The lowest BCUT2D eigenvalue weighted by atomic mass is 9.94. The number of hydrogen-bond acceptors (Lipinski definition) is 2. The van der Waals surface area contributed by atoms with Gasteiger partial charge in [0.05, 0.1) is 5.60 Å². The van der Waals surface area contributed by atoms with Crippen molar-refractivity contribution in [1.29, 1.82) is 0 Å². The highest BCUT2D eigenvalue weighted by molar-refractivity contribution is 4.73. The smallest absolute Gasteiger partial charge is 0.0631 e. The Morgan fingerprint density at radius 2 is 1.81 bits per heavy atom. The molecule has 98 valence electrons. The molecule has 0 amide bonds. The molecule has 0 aromatic rings. The van der Waals surface area contributed by atoms with Gasteiger partial charge in [-0.3, -0.25) is 0 Å². The minimum atomic E-state index is -0.474. The lowest BCUT2D eigenvalue weighted by molar-refractivity contribution is 0.0395. The highest BCUT2D eigenvalue weighted by Crippen LogP contribution is 2.18. The van der Waals surface area contributed by atoms with Gasteiger partial charge in [0.15, 0.2) is 0 Å². The van der Waals surface area contributed by atoms with Crippen molar-refractivity contribution in [3.05, 3.63) is 0 Å². The van der Waals surface area contributed by atoms with Crippen LogP contribution in [-0.4, -0.2) is 23.8 Å². The average molecular weight is 229 g/mol. The van der Waals surface area contributed by atoms with Crippen LogP contribution in [0.4, 0.5) is 0 Å². The van der Waals surface area contributed by atoms with Crippen LogP contribution in [0.25, 0.3) is 0 Å². The van der Waals surface area contributed by atoms with Gasteiger partial charge in [0.1, 0.15) is 0 Å². The maximum atomic E-state index is 10.1.